The van der Waals surface area contributed by atoms with E-state index in [9.17, 15) is 14.4 Å². The zero-order valence-electron chi connectivity index (χ0n) is 34.3. The number of unbranched alkanes of at least 4 members (excludes halogenated alkanes) is 2. The summed E-state index contributed by atoms with van der Waals surface area (Å²) in [4.78, 5) is 51.0. The summed E-state index contributed by atoms with van der Waals surface area (Å²) in [6.45, 7) is 12.5. The SMILES string of the molecule is CCCCN(CCCC)C(=O)c1cc(-c2cc3c(cc2C(=O)N2Cc4ccccc4C[C@H]2C)CN(C(=O)Cc2cccc(CCN(C)C)c2)CC3)n(C)c1C. The molecule has 3 amide bonds. The van der Waals surface area contributed by atoms with E-state index < -0.39 is 0 Å². The van der Waals surface area contributed by atoms with Crippen molar-refractivity contribution in [2.24, 2.45) is 7.05 Å². The lowest BCUT2D eigenvalue weighted by molar-refractivity contribution is -0.131. The molecule has 0 unspecified atom stereocenters. The largest absolute Gasteiger partial charge is 0.347 e. The van der Waals surface area contributed by atoms with Gasteiger partial charge in [0.25, 0.3) is 11.8 Å². The van der Waals surface area contributed by atoms with E-state index in [0.29, 0.717) is 43.6 Å². The summed E-state index contributed by atoms with van der Waals surface area (Å²) in [5.41, 5.74) is 10.9. The normalized spacial score (nSPS) is 15.2. The highest BCUT2D eigenvalue weighted by molar-refractivity contribution is 6.03. The number of carbonyl (C=O) groups is 3. The number of benzene rings is 3. The van der Waals surface area contributed by atoms with E-state index >= 15 is 0 Å². The summed E-state index contributed by atoms with van der Waals surface area (Å²) < 4.78 is 2.09. The van der Waals surface area contributed by atoms with Gasteiger partial charge in [0.05, 0.1) is 12.0 Å². The van der Waals surface area contributed by atoms with Gasteiger partial charge in [-0.3, -0.25) is 14.4 Å². The molecule has 0 saturated carbocycles. The fraction of sp³-hybridized carbons (Fsp3) is 0.468. The van der Waals surface area contributed by atoms with Gasteiger partial charge in [-0.15, -0.1) is 0 Å². The van der Waals surface area contributed by atoms with Crippen LogP contribution in [0.2, 0.25) is 0 Å². The number of nitrogens with zero attached hydrogens (tertiary/aromatic N) is 5. The first-order valence-electron chi connectivity index (χ1n) is 20.5. The lowest BCUT2D eigenvalue weighted by Crippen LogP contribution is -2.43. The van der Waals surface area contributed by atoms with Crippen molar-refractivity contribution >= 4 is 17.7 Å². The van der Waals surface area contributed by atoms with Gasteiger partial charge in [-0.05, 0) is 112 Å². The maximum Gasteiger partial charge on any atom is 0.255 e. The number of carbonyl (C=O) groups excluding carboxylic acids is 3. The molecule has 0 radical (unpaired) electrons. The fourth-order valence-corrected chi connectivity index (χ4v) is 8.21. The minimum absolute atomic E-state index is 0.0166. The maximum atomic E-state index is 14.9. The van der Waals surface area contributed by atoms with Crippen LogP contribution in [0.3, 0.4) is 0 Å². The summed E-state index contributed by atoms with van der Waals surface area (Å²) >= 11 is 0. The highest BCUT2D eigenvalue weighted by atomic mass is 16.2. The minimum Gasteiger partial charge on any atom is -0.347 e. The summed E-state index contributed by atoms with van der Waals surface area (Å²) in [6.07, 6.45) is 6.80. The average Bonchev–Trinajstić information content (AvgIpc) is 3.48. The Morgan fingerprint density at radius 3 is 2.20 bits per heavy atom. The van der Waals surface area contributed by atoms with Crippen LogP contribution in [0.1, 0.15) is 106 Å². The van der Waals surface area contributed by atoms with Crippen molar-refractivity contribution in [3.8, 4) is 11.3 Å². The molecule has 2 aliphatic heterocycles. The second-order valence-corrected chi connectivity index (χ2v) is 16.1. The standard InChI is InChI=1S/C47H61N5O3/c1-8-10-21-50(22-11-9-2)46(54)41-30-44(49(7)34(41)4)42-28-38-20-24-51(45(53)27-36-16-14-15-35(26-36)19-23-48(5)6)31-40(38)29-43(42)47(55)52-32-39-18-13-12-17-37(39)25-33(52)3/h12-18,26,28-30,33H,8-11,19-25,27,31-32H2,1-7H3/t33-/m1/s1. The molecule has 8 nitrogen and oxygen atoms in total. The van der Waals surface area contributed by atoms with Gasteiger partial charge in [0.2, 0.25) is 5.91 Å². The van der Waals surface area contributed by atoms with Crippen LogP contribution in [0.25, 0.3) is 11.3 Å². The van der Waals surface area contributed by atoms with Crippen molar-refractivity contribution in [2.45, 2.75) is 98.2 Å². The molecule has 6 rings (SSSR count). The first-order chi connectivity index (χ1) is 26.5. The van der Waals surface area contributed by atoms with Crippen molar-refractivity contribution in [2.75, 3.05) is 40.3 Å². The summed E-state index contributed by atoms with van der Waals surface area (Å²) in [7, 11) is 6.16. The monoisotopic (exact) mass is 743 g/mol. The third-order valence-electron chi connectivity index (χ3n) is 11.8. The number of likely N-dealkylation sites (N-methyl/N-ethyl adjacent to an activating group) is 1. The Balaban J connectivity index is 1.35. The van der Waals surface area contributed by atoms with E-state index in [0.717, 1.165) is 91.8 Å². The number of fused-ring (bicyclic) bond motifs is 2. The zero-order chi connectivity index (χ0) is 39.2. The molecule has 1 atom stereocenters. The second-order valence-electron chi connectivity index (χ2n) is 16.1. The number of aromatic nitrogens is 1. The topological polar surface area (TPSA) is 69.1 Å². The van der Waals surface area contributed by atoms with E-state index in [1.807, 2.05) is 46.9 Å². The number of amides is 3. The molecule has 0 aliphatic carbocycles. The predicted octanol–water partition coefficient (Wildman–Crippen LogP) is 7.86. The molecule has 0 fully saturated rings. The van der Waals surface area contributed by atoms with Crippen molar-refractivity contribution < 1.29 is 14.4 Å². The smallest absolute Gasteiger partial charge is 0.255 e. The molecule has 0 saturated heterocycles. The summed E-state index contributed by atoms with van der Waals surface area (Å²) in [5, 5.41) is 0. The maximum absolute atomic E-state index is 14.9. The van der Waals surface area contributed by atoms with Crippen LogP contribution >= 0.6 is 0 Å². The van der Waals surface area contributed by atoms with E-state index in [1.54, 1.807) is 0 Å². The Morgan fingerprint density at radius 1 is 0.782 bits per heavy atom. The molecule has 0 bridgehead atoms. The molecular formula is C47H61N5O3. The van der Waals surface area contributed by atoms with Crippen molar-refractivity contribution in [3.05, 3.63) is 117 Å². The molecular weight excluding hydrogens is 683 g/mol. The van der Waals surface area contributed by atoms with Gasteiger partial charge < -0.3 is 24.2 Å². The molecule has 3 heterocycles. The Morgan fingerprint density at radius 2 is 1.49 bits per heavy atom. The van der Waals surface area contributed by atoms with Crippen LogP contribution in [0.5, 0.6) is 0 Å². The van der Waals surface area contributed by atoms with Crippen LogP contribution < -0.4 is 0 Å². The molecule has 2 aliphatic rings. The molecule has 4 aromatic rings. The molecule has 8 heteroatoms. The first kappa shape index (κ1) is 40.0. The van der Waals surface area contributed by atoms with Crippen molar-refractivity contribution in [1.82, 2.24) is 24.2 Å². The van der Waals surface area contributed by atoms with E-state index in [4.69, 9.17) is 0 Å². The first-order valence-corrected chi connectivity index (χ1v) is 20.5. The zero-order valence-corrected chi connectivity index (χ0v) is 34.3. The van der Waals surface area contributed by atoms with Gasteiger partial charge in [-0.2, -0.15) is 0 Å². The second kappa shape index (κ2) is 17.8. The molecule has 0 N–H and O–H groups in total. The molecule has 3 aromatic carbocycles. The highest BCUT2D eigenvalue weighted by Gasteiger charge is 2.32. The predicted molar refractivity (Wildman–Crippen MR) is 222 cm³/mol. The number of hydrogen-bond acceptors (Lipinski definition) is 4. The molecule has 0 spiro atoms. The lowest BCUT2D eigenvalue weighted by atomic mass is 9.89. The number of rotatable bonds is 14. The van der Waals surface area contributed by atoms with Gasteiger partial charge >= 0.3 is 0 Å². The quantitative estimate of drug-likeness (QED) is 0.132. The highest BCUT2D eigenvalue weighted by Crippen LogP contribution is 2.35. The fourth-order valence-electron chi connectivity index (χ4n) is 8.21. The third kappa shape index (κ3) is 9.07. The van der Waals surface area contributed by atoms with Crippen molar-refractivity contribution in [3.63, 3.8) is 0 Å². The molecule has 292 valence electrons. The number of hydrogen-bond donors (Lipinski definition) is 0. The molecule has 1 aromatic heterocycles. The van der Waals surface area contributed by atoms with Crippen LogP contribution in [-0.2, 0) is 50.6 Å². The lowest BCUT2D eigenvalue weighted by Gasteiger charge is -2.36. The Kier molecular flexibility index (Phi) is 13.0. The minimum atomic E-state index is -0.0166. The molecule has 55 heavy (non-hydrogen) atoms. The van der Waals surface area contributed by atoms with Gasteiger partial charge in [0.1, 0.15) is 0 Å². The Bertz CT molecular complexity index is 2000. The van der Waals surface area contributed by atoms with E-state index in [1.165, 1.54) is 16.7 Å². The van der Waals surface area contributed by atoms with E-state index in [-0.39, 0.29) is 23.8 Å². The Labute approximate surface area is 329 Å². The average molecular weight is 744 g/mol. The van der Waals surface area contributed by atoms with Crippen LogP contribution in [-0.4, -0.2) is 88.2 Å². The third-order valence-corrected chi connectivity index (χ3v) is 11.8. The van der Waals surface area contributed by atoms with Crippen LogP contribution in [0.15, 0.2) is 66.7 Å². The summed E-state index contributed by atoms with van der Waals surface area (Å²) in [5.74, 6) is 0.147. The van der Waals surface area contributed by atoms with Gasteiger partial charge in [-0.25, -0.2) is 0 Å². The van der Waals surface area contributed by atoms with Crippen LogP contribution in [0.4, 0.5) is 0 Å². The van der Waals surface area contributed by atoms with E-state index in [2.05, 4.69) is 92.9 Å². The Hall–Kier alpha value is -4.69. The van der Waals surface area contributed by atoms with Gasteiger partial charge in [0.15, 0.2) is 0 Å². The van der Waals surface area contributed by atoms with Gasteiger partial charge in [-0.1, -0.05) is 75.2 Å². The van der Waals surface area contributed by atoms with Crippen molar-refractivity contribution in [1.29, 1.82) is 0 Å². The van der Waals surface area contributed by atoms with Crippen LogP contribution in [0, 0.1) is 6.92 Å². The summed E-state index contributed by atoms with van der Waals surface area (Å²) in [6, 6.07) is 23.1. The van der Waals surface area contributed by atoms with Gasteiger partial charge in [0, 0.05) is 74.9 Å².